The summed E-state index contributed by atoms with van der Waals surface area (Å²) in [6, 6.07) is 7.44. The predicted molar refractivity (Wildman–Crippen MR) is 82.4 cm³/mol. The molecule has 23 heavy (non-hydrogen) atoms. The van der Waals surface area contributed by atoms with Crippen molar-refractivity contribution >= 4 is 21.4 Å². The first-order valence-corrected chi connectivity index (χ1v) is 8.87. The van der Waals surface area contributed by atoms with Crippen molar-refractivity contribution in [2.45, 2.75) is 29.6 Å². The molecule has 0 aromatic heterocycles. The minimum atomic E-state index is -3.91. The van der Waals surface area contributed by atoms with Gasteiger partial charge in [0.15, 0.2) is 21.4 Å². The Kier molecular flexibility index (Phi) is 4.06. The molecule has 1 aliphatic heterocycles. The molecule has 0 N–H and O–H groups in total. The molecule has 3 rings (SSSR count). The Labute approximate surface area is 137 Å². The van der Waals surface area contributed by atoms with Crippen LogP contribution in [0.2, 0.25) is 5.02 Å². The van der Waals surface area contributed by atoms with Crippen LogP contribution in [0.3, 0.4) is 0 Å². The summed E-state index contributed by atoms with van der Waals surface area (Å²) in [6.45, 7) is 1.62. The average Bonchev–Trinajstić information content (AvgIpc) is 2.51. The number of ether oxygens (including phenoxy) is 1. The van der Waals surface area contributed by atoms with E-state index in [0.29, 0.717) is 5.02 Å². The van der Waals surface area contributed by atoms with E-state index in [1.165, 1.54) is 24.3 Å². The highest BCUT2D eigenvalue weighted by molar-refractivity contribution is 7.91. The maximum atomic E-state index is 14.2. The van der Waals surface area contributed by atoms with Gasteiger partial charge in [0, 0.05) is 11.4 Å². The second-order valence-electron chi connectivity index (χ2n) is 5.42. The second-order valence-corrected chi connectivity index (χ2v) is 7.99. The van der Waals surface area contributed by atoms with Crippen molar-refractivity contribution in [3.63, 3.8) is 0 Å². The van der Waals surface area contributed by atoms with E-state index in [4.69, 9.17) is 16.3 Å². The summed E-state index contributed by atoms with van der Waals surface area (Å²) in [6.07, 6.45) is -0.510. The Bertz CT molecular complexity index is 850. The van der Waals surface area contributed by atoms with Gasteiger partial charge in [-0.25, -0.2) is 17.2 Å². The van der Waals surface area contributed by atoms with Crippen molar-refractivity contribution in [1.82, 2.24) is 0 Å². The lowest BCUT2D eigenvalue weighted by Crippen LogP contribution is -2.29. The fourth-order valence-electron chi connectivity index (χ4n) is 2.71. The maximum Gasteiger partial charge on any atom is 0.185 e. The van der Waals surface area contributed by atoms with E-state index in [0.717, 1.165) is 12.1 Å². The number of fused-ring (bicyclic) bond motifs is 1. The van der Waals surface area contributed by atoms with Gasteiger partial charge in [0.25, 0.3) is 0 Å². The molecular formula is C16H13ClF2O3S. The lowest BCUT2D eigenvalue weighted by atomic mass is 10.0. The van der Waals surface area contributed by atoms with Gasteiger partial charge >= 0.3 is 0 Å². The van der Waals surface area contributed by atoms with Crippen molar-refractivity contribution in [2.75, 3.05) is 0 Å². The summed E-state index contributed by atoms with van der Waals surface area (Å²) in [4.78, 5) is 0.00983. The molecule has 2 aromatic carbocycles. The summed E-state index contributed by atoms with van der Waals surface area (Å²) >= 11 is 5.77. The Morgan fingerprint density at radius 1 is 1.09 bits per heavy atom. The van der Waals surface area contributed by atoms with Crippen LogP contribution in [0.25, 0.3) is 0 Å². The Morgan fingerprint density at radius 3 is 2.35 bits per heavy atom. The number of sulfone groups is 1. The number of hydrogen-bond donors (Lipinski definition) is 0. The summed E-state index contributed by atoms with van der Waals surface area (Å²) < 4.78 is 59.2. The van der Waals surface area contributed by atoms with Gasteiger partial charge in [-0.3, -0.25) is 0 Å². The van der Waals surface area contributed by atoms with Crippen LogP contribution >= 0.6 is 11.6 Å². The molecule has 0 spiro atoms. The van der Waals surface area contributed by atoms with Crippen LogP contribution in [0.4, 0.5) is 8.78 Å². The topological polar surface area (TPSA) is 43.4 Å². The number of benzene rings is 2. The van der Waals surface area contributed by atoms with Crippen molar-refractivity contribution < 1.29 is 21.9 Å². The predicted octanol–water partition coefficient (Wildman–Crippen LogP) is 4.30. The number of rotatable bonds is 2. The third kappa shape index (κ3) is 2.81. The Hall–Kier alpha value is -1.66. The number of halogens is 3. The van der Waals surface area contributed by atoms with Gasteiger partial charge in [-0.1, -0.05) is 11.6 Å². The molecule has 0 radical (unpaired) electrons. The van der Waals surface area contributed by atoms with Crippen LogP contribution in [0, 0.1) is 11.6 Å². The summed E-state index contributed by atoms with van der Waals surface area (Å²) in [7, 11) is -3.91. The molecule has 0 fully saturated rings. The van der Waals surface area contributed by atoms with Crippen molar-refractivity contribution in [1.29, 1.82) is 0 Å². The zero-order valence-electron chi connectivity index (χ0n) is 12.1. The van der Waals surface area contributed by atoms with E-state index >= 15 is 0 Å². The standard InChI is InChI=1S/C16H13ClF2O3S/c1-9-8-14(15-12(18)6-7-13(19)16(15)22-9)23(20,21)11-4-2-10(17)3-5-11/h2-7,9,14H,8H2,1H3/t9-,14-/m1/s1. The van der Waals surface area contributed by atoms with Gasteiger partial charge in [-0.05, 0) is 43.3 Å². The molecular weight excluding hydrogens is 346 g/mol. The average molecular weight is 359 g/mol. The van der Waals surface area contributed by atoms with Gasteiger partial charge in [-0.15, -0.1) is 0 Å². The molecule has 2 atom stereocenters. The van der Waals surface area contributed by atoms with E-state index in [-0.39, 0.29) is 22.6 Å². The lowest BCUT2D eigenvalue weighted by molar-refractivity contribution is 0.177. The molecule has 0 unspecified atom stereocenters. The molecule has 0 amide bonds. The number of hydrogen-bond acceptors (Lipinski definition) is 3. The van der Waals surface area contributed by atoms with Gasteiger partial charge in [0.05, 0.1) is 16.6 Å². The van der Waals surface area contributed by atoms with Crippen LogP contribution in [0.15, 0.2) is 41.3 Å². The first kappa shape index (κ1) is 16.2. The smallest absolute Gasteiger partial charge is 0.185 e. The normalized spacial score (nSPS) is 20.7. The molecule has 0 aliphatic carbocycles. The first-order valence-electron chi connectivity index (χ1n) is 6.94. The molecule has 0 saturated carbocycles. The fourth-order valence-corrected chi connectivity index (χ4v) is 4.73. The summed E-state index contributed by atoms with van der Waals surface area (Å²) in [5.41, 5.74) is -0.252. The van der Waals surface area contributed by atoms with Crippen LogP contribution in [-0.2, 0) is 9.84 Å². The van der Waals surface area contributed by atoms with E-state index in [2.05, 4.69) is 0 Å². The highest BCUT2D eigenvalue weighted by atomic mass is 35.5. The third-order valence-electron chi connectivity index (χ3n) is 3.80. The zero-order chi connectivity index (χ0) is 16.8. The Balaban J connectivity index is 2.18. The minimum Gasteiger partial charge on any atom is -0.487 e. The van der Waals surface area contributed by atoms with E-state index < -0.39 is 32.8 Å². The molecule has 2 aromatic rings. The highest BCUT2D eigenvalue weighted by Crippen LogP contribution is 2.44. The van der Waals surface area contributed by atoms with E-state index in [9.17, 15) is 17.2 Å². The van der Waals surface area contributed by atoms with Gasteiger partial charge < -0.3 is 4.74 Å². The molecule has 3 nitrogen and oxygen atoms in total. The largest absolute Gasteiger partial charge is 0.487 e. The quantitative estimate of drug-likeness (QED) is 0.803. The molecule has 7 heteroatoms. The van der Waals surface area contributed by atoms with Crippen molar-refractivity contribution in [3.05, 3.63) is 58.6 Å². The van der Waals surface area contributed by atoms with Crippen LogP contribution in [0.5, 0.6) is 5.75 Å². The minimum absolute atomic E-state index is 0.00983. The lowest BCUT2D eigenvalue weighted by Gasteiger charge is -2.30. The molecule has 1 heterocycles. The van der Waals surface area contributed by atoms with E-state index in [1.807, 2.05) is 0 Å². The molecule has 0 bridgehead atoms. The molecule has 122 valence electrons. The van der Waals surface area contributed by atoms with Crippen molar-refractivity contribution in [3.8, 4) is 5.75 Å². The monoisotopic (exact) mass is 358 g/mol. The van der Waals surface area contributed by atoms with Crippen LogP contribution < -0.4 is 4.74 Å². The zero-order valence-corrected chi connectivity index (χ0v) is 13.7. The van der Waals surface area contributed by atoms with Gasteiger partial charge in [0.2, 0.25) is 0 Å². The highest BCUT2D eigenvalue weighted by Gasteiger charge is 2.40. The fraction of sp³-hybridized carbons (Fsp3) is 0.250. The second kappa shape index (κ2) is 5.76. The van der Waals surface area contributed by atoms with Crippen LogP contribution in [-0.4, -0.2) is 14.5 Å². The van der Waals surface area contributed by atoms with Gasteiger partial charge in [0.1, 0.15) is 11.1 Å². The first-order chi connectivity index (χ1) is 10.8. The van der Waals surface area contributed by atoms with Gasteiger partial charge in [-0.2, -0.15) is 0 Å². The molecule has 0 saturated heterocycles. The summed E-state index contributed by atoms with van der Waals surface area (Å²) in [5.74, 6) is -1.90. The van der Waals surface area contributed by atoms with Crippen molar-refractivity contribution in [2.24, 2.45) is 0 Å². The van der Waals surface area contributed by atoms with E-state index in [1.54, 1.807) is 6.92 Å². The third-order valence-corrected chi connectivity index (χ3v) is 6.16. The van der Waals surface area contributed by atoms with Crippen LogP contribution in [0.1, 0.15) is 24.2 Å². The Morgan fingerprint density at radius 2 is 1.70 bits per heavy atom. The maximum absolute atomic E-state index is 14.2. The summed E-state index contributed by atoms with van der Waals surface area (Å²) in [5, 5.41) is -0.819. The molecule has 1 aliphatic rings. The SMILES string of the molecule is C[C@@H]1C[C@@H](S(=O)(=O)c2ccc(Cl)cc2)c2c(F)ccc(F)c2O1.